The summed E-state index contributed by atoms with van der Waals surface area (Å²) >= 11 is 1.54. The van der Waals surface area contributed by atoms with Crippen LogP contribution in [0.15, 0.2) is 29.9 Å². The highest BCUT2D eigenvalue weighted by molar-refractivity contribution is 7.13. The zero-order valence-corrected chi connectivity index (χ0v) is 11.8. The van der Waals surface area contributed by atoms with Gasteiger partial charge in [0, 0.05) is 35.9 Å². The van der Waals surface area contributed by atoms with E-state index in [0.717, 1.165) is 35.8 Å². The molecule has 0 saturated carbocycles. The molecule has 104 valence electrons. The summed E-state index contributed by atoms with van der Waals surface area (Å²) in [5.41, 5.74) is 1.81. The lowest BCUT2D eigenvalue weighted by Crippen LogP contribution is -2.37. The van der Waals surface area contributed by atoms with E-state index in [4.69, 9.17) is 0 Å². The predicted molar refractivity (Wildman–Crippen MR) is 78.5 cm³/mol. The van der Waals surface area contributed by atoms with E-state index in [1.54, 1.807) is 23.7 Å². The summed E-state index contributed by atoms with van der Waals surface area (Å²) in [5, 5.41) is 9.10. The van der Waals surface area contributed by atoms with E-state index in [1.807, 2.05) is 17.5 Å². The fourth-order valence-corrected chi connectivity index (χ4v) is 3.04. The van der Waals surface area contributed by atoms with Gasteiger partial charge in [0.05, 0.1) is 12.1 Å². The van der Waals surface area contributed by atoms with Gasteiger partial charge in [-0.2, -0.15) is 0 Å². The van der Waals surface area contributed by atoms with Gasteiger partial charge in [-0.3, -0.25) is 9.78 Å². The van der Waals surface area contributed by atoms with Crippen LogP contribution in [0.1, 0.15) is 12.1 Å². The van der Waals surface area contributed by atoms with E-state index in [2.05, 4.69) is 20.6 Å². The minimum Gasteiger partial charge on any atom is -0.352 e. The first kappa shape index (κ1) is 13.2. The van der Waals surface area contributed by atoms with E-state index >= 15 is 0 Å². The maximum absolute atomic E-state index is 11.9. The van der Waals surface area contributed by atoms with Gasteiger partial charge in [-0.1, -0.05) is 0 Å². The van der Waals surface area contributed by atoms with E-state index in [-0.39, 0.29) is 11.9 Å². The van der Waals surface area contributed by atoms with Gasteiger partial charge in [-0.15, -0.1) is 11.3 Å². The highest BCUT2D eigenvalue weighted by Gasteiger charge is 2.17. The molecule has 1 aliphatic heterocycles. The summed E-state index contributed by atoms with van der Waals surface area (Å²) < 4.78 is 0. The van der Waals surface area contributed by atoms with Gasteiger partial charge in [-0.05, 0) is 25.1 Å². The molecule has 1 unspecified atom stereocenters. The Morgan fingerprint density at radius 3 is 3.25 bits per heavy atom. The summed E-state index contributed by atoms with van der Waals surface area (Å²) in [7, 11) is 0. The Hall–Kier alpha value is -1.79. The van der Waals surface area contributed by atoms with Crippen molar-refractivity contribution in [3.05, 3.63) is 35.6 Å². The number of hydrogen-bond donors (Lipinski definition) is 2. The predicted octanol–water partition coefficient (Wildman–Crippen LogP) is 1.23. The molecular formula is C14H16N4OS. The Bertz CT molecular complexity index is 578. The Balaban J connectivity index is 1.61. The molecule has 0 spiro atoms. The molecule has 20 heavy (non-hydrogen) atoms. The smallest absolute Gasteiger partial charge is 0.226 e. The fourth-order valence-electron chi connectivity index (χ4n) is 2.23. The van der Waals surface area contributed by atoms with Crippen LogP contribution in [-0.4, -0.2) is 35.0 Å². The fraction of sp³-hybridized carbons (Fsp3) is 0.357. The second-order valence-electron chi connectivity index (χ2n) is 4.82. The van der Waals surface area contributed by atoms with Crippen LogP contribution < -0.4 is 10.6 Å². The Morgan fingerprint density at radius 1 is 1.55 bits per heavy atom. The van der Waals surface area contributed by atoms with Crippen molar-refractivity contribution in [1.82, 2.24) is 20.6 Å². The van der Waals surface area contributed by atoms with Crippen molar-refractivity contribution in [2.75, 3.05) is 13.1 Å². The van der Waals surface area contributed by atoms with Crippen molar-refractivity contribution in [2.45, 2.75) is 18.9 Å². The van der Waals surface area contributed by atoms with E-state index in [0.29, 0.717) is 6.42 Å². The van der Waals surface area contributed by atoms with E-state index < -0.39 is 0 Å². The summed E-state index contributed by atoms with van der Waals surface area (Å²) in [5.74, 6) is 0.0433. The Kier molecular flexibility index (Phi) is 4.03. The Morgan fingerprint density at radius 2 is 2.50 bits per heavy atom. The van der Waals surface area contributed by atoms with E-state index in [9.17, 15) is 4.79 Å². The first-order valence-corrected chi connectivity index (χ1v) is 7.54. The lowest BCUT2D eigenvalue weighted by atomic mass is 10.2. The number of carbonyl (C=O) groups is 1. The van der Waals surface area contributed by atoms with Crippen LogP contribution in [0, 0.1) is 0 Å². The van der Waals surface area contributed by atoms with Crippen molar-refractivity contribution in [2.24, 2.45) is 0 Å². The number of thiazole rings is 1. The molecule has 0 aliphatic carbocycles. The number of nitrogens with one attached hydrogen (secondary N) is 2. The van der Waals surface area contributed by atoms with Gasteiger partial charge < -0.3 is 10.6 Å². The van der Waals surface area contributed by atoms with Crippen molar-refractivity contribution >= 4 is 17.2 Å². The van der Waals surface area contributed by atoms with Crippen molar-refractivity contribution < 1.29 is 4.79 Å². The van der Waals surface area contributed by atoms with Crippen LogP contribution in [0.4, 0.5) is 0 Å². The zero-order valence-electron chi connectivity index (χ0n) is 11.0. The molecule has 0 bridgehead atoms. The molecular weight excluding hydrogens is 272 g/mol. The van der Waals surface area contributed by atoms with Gasteiger partial charge in [0.25, 0.3) is 0 Å². The molecule has 3 heterocycles. The summed E-state index contributed by atoms with van der Waals surface area (Å²) in [6, 6.07) is 4.12. The van der Waals surface area contributed by atoms with Crippen LogP contribution in [0.3, 0.4) is 0 Å². The SMILES string of the molecule is O=C(Cc1csc(-c2cccnc2)n1)NC1CCNC1. The minimum absolute atomic E-state index is 0.0433. The number of carbonyl (C=O) groups excluding carboxylic acids is 1. The molecule has 1 aliphatic rings. The highest BCUT2D eigenvalue weighted by atomic mass is 32.1. The maximum atomic E-state index is 11.9. The minimum atomic E-state index is 0.0433. The van der Waals surface area contributed by atoms with Gasteiger partial charge >= 0.3 is 0 Å². The average molecular weight is 288 g/mol. The molecule has 6 heteroatoms. The maximum Gasteiger partial charge on any atom is 0.226 e. The molecule has 3 rings (SSSR count). The molecule has 2 aromatic heterocycles. The normalized spacial score (nSPS) is 18.1. The van der Waals surface area contributed by atoms with Crippen molar-refractivity contribution in [3.8, 4) is 10.6 Å². The Labute approximate surface area is 121 Å². The van der Waals surface area contributed by atoms with E-state index in [1.165, 1.54) is 0 Å². The third kappa shape index (κ3) is 3.20. The number of rotatable bonds is 4. The van der Waals surface area contributed by atoms with Gasteiger partial charge in [-0.25, -0.2) is 4.98 Å². The molecule has 2 N–H and O–H groups in total. The van der Waals surface area contributed by atoms with Gasteiger partial charge in [0.15, 0.2) is 0 Å². The average Bonchev–Trinajstić information content (AvgIpc) is 3.11. The number of pyridine rings is 1. The van der Waals surface area contributed by atoms with Crippen LogP contribution in [0.25, 0.3) is 10.6 Å². The topological polar surface area (TPSA) is 66.9 Å². The number of aromatic nitrogens is 2. The molecule has 0 radical (unpaired) electrons. The summed E-state index contributed by atoms with van der Waals surface area (Å²) in [6.45, 7) is 1.84. The molecule has 1 fully saturated rings. The zero-order chi connectivity index (χ0) is 13.8. The highest BCUT2D eigenvalue weighted by Crippen LogP contribution is 2.22. The lowest BCUT2D eigenvalue weighted by molar-refractivity contribution is -0.121. The number of hydrogen-bond acceptors (Lipinski definition) is 5. The molecule has 0 aromatic carbocycles. The van der Waals surface area contributed by atoms with Crippen LogP contribution in [0.2, 0.25) is 0 Å². The molecule has 5 nitrogen and oxygen atoms in total. The van der Waals surface area contributed by atoms with Crippen molar-refractivity contribution in [1.29, 1.82) is 0 Å². The second kappa shape index (κ2) is 6.11. The monoisotopic (exact) mass is 288 g/mol. The molecule has 1 atom stereocenters. The molecule has 1 saturated heterocycles. The van der Waals surface area contributed by atoms with Crippen LogP contribution >= 0.6 is 11.3 Å². The van der Waals surface area contributed by atoms with Crippen LogP contribution in [0.5, 0.6) is 0 Å². The quantitative estimate of drug-likeness (QED) is 0.888. The first-order valence-electron chi connectivity index (χ1n) is 6.66. The third-order valence-electron chi connectivity index (χ3n) is 3.23. The number of nitrogens with zero attached hydrogens (tertiary/aromatic N) is 2. The summed E-state index contributed by atoms with van der Waals surface area (Å²) in [4.78, 5) is 20.5. The van der Waals surface area contributed by atoms with Crippen molar-refractivity contribution in [3.63, 3.8) is 0 Å². The third-order valence-corrected chi connectivity index (χ3v) is 4.17. The summed E-state index contributed by atoms with van der Waals surface area (Å²) in [6.07, 6.45) is 4.87. The van der Waals surface area contributed by atoms with Gasteiger partial charge in [0.1, 0.15) is 5.01 Å². The standard InChI is InChI=1S/C14H16N4OS/c19-13(17-11-3-5-16-8-11)6-12-9-20-14(18-12)10-2-1-4-15-7-10/h1-2,4,7,9,11,16H,3,5-6,8H2,(H,17,19). The lowest BCUT2D eigenvalue weighted by Gasteiger charge is -2.10. The van der Waals surface area contributed by atoms with Gasteiger partial charge in [0.2, 0.25) is 5.91 Å². The molecule has 1 amide bonds. The van der Waals surface area contributed by atoms with Crippen LogP contribution in [-0.2, 0) is 11.2 Å². The molecule has 2 aromatic rings. The second-order valence-corrected chi connectivity index (χ2v) is 5.68. The number of amides is 1. The largest absolute Gasteiger partial charge is 0.352 e. The first-order chi connectivity index (χ1) is 9.81.